The van der Waals surface area contributed by atoms with Gasteiger partial charge >= 0.3 is 0 Å². The maximum absolute atomic E-state index is 13.4. The van der Waals surface area contributed by atoms with E-state index in [4.69, 9.17) is 20.9 Å². The first-order valence-electron chi connectivity index (χ1n) is 8.76. The number of ether oxygens (including phenoxy) is 1. The minimum Gasteiger partial charge on any atom is -0.360 e. The summed E-state index contributed by atoms with van der Waals surface area (Å²) in [7, 11) is 0. The van der Waals surface area contributed by atoms with Crippen LogP contribution >= 0.6 is 11.6 Å². The van der Waals surface area contributed by atoms with E-state index in [1.807, 2.05) is 12.2 Å². The van der Waals surface area contributed by atoms with Crippen LogP contribution in [0, 0.1) is 24.6 Å². The Morgan fingerprint density at radius 2 is 2.25 bits per heavy atom. The highest BCUT2D eigenvalue weighted by molar-refractivity contribution is 6.31. The van der Waals surface area contributed by atoms with Crippen LogP contribution in [0.3, 0.4) is 0 Å². The molecular formula is C19H15ClFN3O4. The molecule has 2 amide bonds. The van der Waals surface area contributed by atoms with E-state index in [2.05, 4.69) is 10.5 Å². The van der Waals surface area contributed by atoms with Crippen LogP contribution in [-0.2, 0) is 14.3 Å². The topological polar surface area (TPSA) is 84.7 Å². The fourth-order valence-corrected chi connectivity index (χ4v) is 4.45. The minimum atomic E-state index is -0.864. The molecule has 144 valence electrons. The number of aromatic nitrogens is 1. The Morgan fingerprint density at radius 1 is 1.43 bits per heavy atom. The zero-order chi connectivity index (χ0) is 19.6. The third kappa shape index (κ3) is 2.41. The number of carbonyl (C=O) groups is 2. The Bertz CT molecular complexity index is 1040. The summed E-state index contributed by atoms with van der Waals surface area (Å²) in [6.07, 6.45) is 3.17. The molecule has 0 radical (unpaired) electrons. The highest BCUT2D eigenvalue weighted by atomic mass is 35.5. The molecule has 2 saturated heterocycles. The van der Waals surface area contributed by atoms with Gasteiger partial charge in [0.25, 0.3) is 0 Å². The smallest absolute Gasteiger partial charge is 0.235 e. The summed E-state index contributed by atoms with van der Waals surface area (Å²) in [6, 6.07) is 5.59. The highest BCUT2D eigenvalue weighted by Gasteiger charge is 2.67. The van der Waals surface area contributed by atoms with Crippen LogP contribution in [0.2, 0.25) is 5.02 Å². The molecule has 1 N–H and O–H groups in total. The van der Waals surface area contributed by atoms with Gasteiger partial charge in [0, 0.05) is 11.8 Å². The number of aryl methyl sites for hydroxylation is 1. The van der Waals surface area contributed by atoms with Crippen LogP contribution in [-0.4, -0.2) is 35.2 Å². The summed E-state index contributed by atoms with van der Waals surface area (Å²) < 4.78 is 24.5. The molecule has 5 rings (SSSR count). The Hall–Kier alpha value is -2.71. The molecule has 1 spiro atoms. The number of hydrogen-bond acceptors (Lipinski definition) is 5. The van der Waals surface area contributed by atoms with E-state index in [9.17, 15) is 14.0 Å². The van der Waals surface area contributed by atoms with Gasteiger partial charge in [0.15, 0.2) is 5.82 Å². The standard InChI is InChI=1S/C19H15ClFN3O4/c1-9-6-14(23-28-9)24-8-19-5-4-13(27-19)15(16(19)18(24)26)17(25)22-10-2-3-12(21)11(20)7-10/h2-7,13,15-16H,8H2,1H3,(H,22,25)/t13-,15?,16?,19-/m0/s1. The normalized spacial score (nSPS) is 30.2. The lowest BCUT2D eigenvalue weighted by atomic mass is 9.77. The van der Waals surface area contributed by atoms with Crippen molar-refractivity contribution in [1.82, 2.24) is 5.16 Å². The van der Waals surface area contributed by atoms with E-state index in [0.29, 0.717) is 17.3 Å². The average Bonchev–Trinajstić information content (AvgIpc) is 3.39. The van der Waals surface area contributed by atoms with Crippen LogP contribution < -0.4 is 10.2 Å². The molecule has 4 atom stereocenters. The third-order valence-electron chi connectivity index (χ3n) is 5.48. The van der Waals surface area contributed by atoms with Crippen LogP contribution in [0.4, 0.5) is 15.9 Å². The van der Waals surface area contributed by atoms with Crippen LogP contribution in [0.15, 0.2) is 40.9 Å². The number of nitrogens with zero attached hydrogens (tertiary/aromatic N) is 2. The number of benzene rings is 1. The second-order valence-corrected chi connectivity index (χ2v) is 7.65. The van der Waals surface area contributed by atoms with Crippen molar-refractivity contribution in [1.29, 1.82) is 0 Å². The molecule has 1 aromatic heterocycles. The van der Waals surface area contributed by atoms with Gasteiger partial charge in [-0.05, 0) is 25.1 Å². The van der Waals surface area contributed by atoms with Crippen molar-refractivity contribution < 1.29 is 23.2 Å². The predicted octanol–water partition coefficient (Wildman–Crippen LogP) is 2.70. The number of carbonyl (C=O) groups excluding carboxylic acids is 2. The van der Waals surface area contributed by atoms with Crippen molar-refractivity contribution in [2.45, 2.75) is 18.6 Å². The predicted molar refractivity (Wildman–Crippen MR) is 97.4 cm³/mol. The van der Waals surface area contributed by atoms with Gasteiger partial charge in [0.2, 0.25) is 11.8 Å². The average molecular weight is 404 g/mol. The van der Waals surface area contributed by atoms with Crippen molar-refractivity contribution in [2.75, 3.05) is 16.8 Å². The molecule has 2 bridgehead atoms. The van der Waals surface area contributed by atoms with Crippen LogP contribution in [0.25, 0.3) is 0 Å². The minimum absolute atomic E-state index is 0.0946. The second-order valence-electron chi connectivity index (χ2n) is 7.24. The van der Waals surface area contributed by atoms with Gasteiger partial charge in [0.1, 0.15) is 17.2 Å². The molecule has 7 nitrogen and oxygen atoms in total. The molecular weight excluding hydrogens is 389 g/mol. The Labute approximate surface area is 164 Å². The molecule has 1 aromatic carbocycles. The molecule has 2 fully saturated rings. The second kappa shape index (κ2) is 5.89. The van der Waals surface area contributed by atoms with Crippen LogP contribution in [0.1, 0.15) is 5.76 Å². The van der Waals surface area contributed by atoms with Gasteiger partial charge in [-0.25, -0.2) is 4.39 Å². The van der Waals surface area contributed by atoms with Gasteiger partial charge in [-0.3, -0.25) is 14.5 Å². The van der Waals surface area contributed by atoms with E-state index in [1.165, 1.54) is 23.1 Å². The maximum atomic E-state index is 13.4. The molecule has 2 aromatic rings. The van der Waals surface area contributed by atoms with E-state index < -0.39 is 29.4 Å². The monoisotopic (exact) mass is 403 g/mol. The molecule has 9 heteroatoms. The van der Waals surface area contributed by atoms with Gasteiger partial charge in [-0.15, -0.1) is 0 Å². The third-order valence-corrected chi connectivity index (χ3v) is 5.77. The maximum Gasteiger partial charge on any atom is 0.235 e. The SMILES string of the molecule is Cc1cc(N2C[C@]34C=C[C@H](O3)C(C(=O)Nc3ccc(F)c(Cl)c3)C4C2=O)no1. The molecule has 2 unspecified atom stereocenters. The van der Waals surface area contributed by atoms with Crippen molar-refractivity contribution >= 4 is 34.9 Å². The number of hydrogen-bond donors (Lipinski definition) is 1. The lowest BCUT2D eigenvalue weighted by Crippen LogP contribution is -2.41. The van der Waals surface area contributed by atoms with E-state index in [1.54, 1.807) is 13.0 Å². The molecule has 3 aliphatic heterocycles. The Balaban J connectivity index is 1.43. The zero-order valence-electron chi connectivity index (χ0n) is 14.7. The lowest BCUT2D eigenvalue weighted by molar-refractivity contribution is -0.128. The molecule has 3 aliphatic rings. The number of anilines is 2. The fourth-order valence-electron chi connectivity index (χ4n) is 4.27. The van der Waals surface area contributed by atoms with Gasteiger partial charge in [0.05, 0.1) is 29.5 Å². The quantitative estimate of drug-likeness (QED) is 0.796. The number of nitrogens with one attached hydrogen (secondary N) is 1. The number of halogens is 2. The lowest BCUT2D eigenvalue weighted by Gasteiger charge is -2.23. The Morgan fingerprint density at radius 3 is 2.96 bits per heavy atom. The van der Waals surface area contributed by atoms with Crippen molar-refractivity contribution in [3.63, 3.8) is 0 Å². The van der Waals surface area contributed by atoms with E-state index >= 15 is 0 Å². The first-order valence-corrected chi connectivity index (χ1v) is 9.13. The van der Waals surface area contributed by atoms with Crippen LogP contribution in [0.5, 0.6) is 0 Å². The number of rotatable bonds is 3. The molecule has 0 aliphatic carbocycles. The van der Waals surface area contributed by atoms with E-state index in [-0.39, 0.29) is 23.4 Å². The molecule has 0 saturated carbocycles. The summed E-state index contributed by atoms with van der Waals surface area (Å²) in [5.74, 6) is -1.59. The van der Waals surface area contributed by atoms with E-state index in [0.717, 1.165) is 0 Å². The largest absolute Gasteiger partial charge is 0.360 e. The molecule has 4 heterocycles. The van der Waals surface area contributed by atoms with Gasteiger partial charge in [-0.1, -0.05) is 28.9 Å². The summed E-state index contributed by atoms with van der Waals surface area (Å²) >= 11 is 5.78. The summed E-state index contributed by atoms with van der Waals surface area (Å²) in [5.41, 5.74) is -0.511. The highest BCUT2D eigenvalue weighted by Crippen LogP contribution is 2.52. The molecule has 28 heavy (non-hydrogen) atoms. The van der Waals surface area contributed by atoms with Crippen molar-refractivity contribution in [3.05, 3.63) is 53.0 Å². The summed E-state index contributed by atoms with van der Waals surface area (Å²) in [6.45, 7) is 2.00. The first-order chi connectivity index (χ1) is 13.4. The summed E-state index contributed by atoms with van der Waals surface area (Å²) in [5, 5.41) is 6.53. The van der Waals surface area contributed by atoms with Crippen molar-refractivity contribution in [2.24, 2.45) is 11.8 Å². The van der Waals surface area contributed by atoms with Crippen molar-refractivity contribution in [3.8, 4) is 0 Å². The summed E-state index contributed by atoms with van der Waals surface area (Å²) in [4.78, 5) is 27.6. The van der Waals surface area contributed by atoms with Gasteiger partial charge in [-0.2, -0.15) is 0 Å². The van der Waals surface area contributed by atoms with Gasteiger partial charge < -0.3 is 14.6 Å². The number of fused-ring (bicyclic) bond motifs is 1. The fraction of sp³-hybridized carbons (Fsp3) is 0.316. The first kappa shape index (κ1) is 17.4. The Kier molecular flexibility index (Phi) is 3.66. The zero-order valence-corrected chi connectivity index (χ0v) is 15.4. The number of amides is 2.